The Hall–Kier alpha value is -8.86. The van der Waals surface area contributed by atoms with Crippen molar-refractivity contribution in [3.63, 3.8) is 0 Å². The van der Waals surface area contributed by atoms with Gasteiger partial charge in [0.05, 0.1) is 0 Å². The van der Waals surface area contributed by atoms with Crippen LogP contribution in [0.25, 0.3) is 87.7 Å². The number of anilines is 6. The van der Waals surface area contributed by atoms with Gasteiger partial charge in [0.1, 0.15) is 22.3 Å². The highest BCUT2D eigenvalue weighted by Crippen LogP contribution is 2.50. The van der Waals surface area contributed by atoms with Crippen molar-refractivity contribution in [1.82, 2.24) is 0 Å². The van der Waals surface area contributed by atoms with Crippen molar-refractivity contribution in [3.05, 3.63) is 240 Å². The second-order valence-electron chi connectivity index (χ2n) is 21.5. The van der Waals surface area contributed by atoms with Gasteiger partial charge < -0.3 is 18.6 Å². The normalized spacial score (nSPS) is 11.9. The van der Waals surface area contributed by atoms with E-state index in [2.05, 4.69) is 271 Å². The first-order valence-corrected chi connectivity index (χ1v) is 26.8. The van der Waals surface area contributed by atoms with E-state index in [-0.39, 0.29) is 11.8 Å². The van der Waals surface area contributed by atoms with Gasteiger partial charge in [0.2, 0.25) is 0 Å². The summed E-state index contributed by atoms with van der Waals surface area (Å²) in [4.78, 5) is 4.84. The molecule has 2 heterocycles. The number of rotatable bonds is 10. The zero-order valence-corrected chi connectivity index (χ0v) is 44.5. The molecule has 0 aliphatic carbocycles. The van der Waals surface area contributed by atoms with Gasteiger partial charge in [-0.2, -0.15) is 0 Å². The fraction of sp³-hybridized carbons (Fsp3) is 0.139. The molecule has 4 heteroatoms. The lowest BCUT2D eigenvalue weighted by Crippen LogP contribution is -2.12. The van der Waals surface area contributed by atoms with Gasteiger partial charge in [0, 0.05) is 66.8 Å². The van der Waals surface area contributed by atoms with E-state index in [1.54, 1.807) is 0 Å². The van der Waals surface area contributed by atoms with Crippen LogP contribution in [-0.4, -0.2) is 0 Å². The maximum absolute atomic E-state index is 7.25. The molecule has 2 aromatic heterocycles. The van der Waals surface area contributed by atoms with Crippen molar-refractivity contribution in [2.45, 2.75) is 67.2 Å². The molecule has 13 aromatic rings. The van der Waals surface area contributed by atoms with Gasteiger partial charge in [-0.15, -0.1) is 0 Å². The number of aryl methyl sites for hydroxylation is 4. The van der Waals surface area contributed by atoms with E-state index in [4.69, 9.17) is 8.83 Å². The molecule has 0 aliphatic heterocycles. The first-order chi connectivity index (χ1) is 37.0. The molecule has 13 rings (SSSR count). The second-order valence-corrected chi connectivity index (χ2v) is 21.5. The van der Waals surface area contributed by atoms with Gasteiger partial charge in [0.25, 0.3) is 0 Å². The highest BCUT2D eigenvalue weighted by molar-refractivity contribution is 6.22. The van der Waals surface area contributed by atoms with Crippen molar-refractivity contribution >= 4 is 99.5 Å². The topological polar surface area (TPSA) is 32.8 Å². The Morgan fingerprint density at radius 3 is 1.09 bits per heavy atom. The Kier molecular flexibility index (Phi) is 11.4. The van der Waals surface area contributed by atoms with Crippen LogP contribution in [0.1, 0.15) is 72.9 Å². The monoisotopic (exact) mass is 984 g/mol. The zero-order valence-electron chi connectivity index (χ0n) is 44.5. The molecule has 0 spiro atoms. The van der Waals surface area contributed by atoms with Crippen molar-refractivity contribution < 1.29 is 8.83 Å². The van der Waals surface area contributed by atoms with E-state index in [1.165, 1.54) is 55.6 Å². The molecule has 4 nitrogen and oxygen atoms in total. The Morgan fingerprint density at radius 2 is 0.697 bits per heavy atom. The van der Waals surface area contributed by atoms with E-state index in [0.717, 1.165) is 99.5 Å². The van der Waals surface area contributed by atoms with Crippen LogP contribution in [-0.2, 0) is 0 Å². The molecule has 0 N–H and O–H groups in total. The number of nitrogens with zero attached hydrogens (tertiary/aromatic N) is 2. The predicted molar refractivity (Wildman–Crippen MR) is 323 cm³/mol. The van der Waals surface area contributed by atoms with E-state index in [0.29, 0.717) is 0 Å². The van der Waals surface area contributed by atoms with Crippen molar-refractivity contribution in [2.24, 2.45) is 0 Å². The second kappa shape index (κ2) is 18.5. The van der Waals surface area contributed by atoms with Crippen LogP contribution in [0.5, 0.6) is 0 Å². The van der Waals surface area contributed by atoms with Gasteiger partial charge in [-0.25, -0.2) is 0 Å². The summed E-state index contributed by atoms with van der Waals surface area (Å²) in [7, 11) is 0. The number of benzene rings is 11. The number of hydrogen-bond acceptors (Lipinski definition) is 4. The molecule has 0 fully saturated rings. The quantitative estimate of drug-likeness (QED) is 0.137. The average molecular weight is 985 g/mol. The molecule has 0 saturated carbocycles. The summed E-state index contributed by atoms with van der Waals surface area (Å²) in [6, 6.07) is 75.2. The van der Waals surface area contributed by atoms with Crippen molar-refractivity contribution in [3.8, 4) is 22.3 Å². The van der Waals surface area contributed by atoms with Crippen LogP contribution in [0.4, 0.5) is 34.1 Å². The van der Waals surface area contributed by atoms with Gasteiger partial charge in [0.15, 0.2) is 0 Å². The summed E-state index contributed by atoms with van der Waals surface area (Å²) < 4.78 is 14.5. The van der Waals surface area contributed by atoms with Crippen LogP contribution in [0.2, 0.25) is 0 Å². The molecule has 0 unspecified atom stereocenters. The molecule has 11 aromatic carbocycles. The molecule has 0 saturated heterocycles. The van der Waals surface area contributed by atoms with Crippen LogP contribution < -0.4 is 9.80 Å². The Morgan fingerprint density at radius 1 is 0.316 bits per heavy atom. The van der Waals surface area contributed by atoms with Crippen LogP contribution in [0, 0.1) is 27.7 Å². The Balaban J connectivity index is 0.972. The first kappa shape index (κ1) is 46.9. The molecule has 0 bridgehead atoms. The van der Waals surface area contributed by atoms with Gasteiger partial charge in [-0.3, -0.25) is 0 Å². The number of hydrogen-bond donors (Lipinski definition) is 0. The van der Waals surface area contributed by atoms with E-state index in [1.807, 2.05) is 0 Å². The molecular weight excluding hydrogens is 925 g/mol. The van der Waals surface area contributed by atoms with Gasteiger partial charge >= 0.3 is 0 Å². The fourth-order valence-corrected chi connectivity index (χ4v) is 11.9. The summed E-state index contributed by atoms with van der Waals surface area (Å²) >= 11 is 0. The average Bonchev–Trinajstić information content (AvgIpc) is 4.14. The maximum Gasteiger partial charge on any atom is 0.140 e. The van der Waals surface area contributed by atoms with E-state index in [9.17, 15) is 0 Å². The molecular formula is C72H60N2O2. The summed E-state index contributed by atoms with van der Waals surface area (Å²) in [6.07, 6.45) is 0. The van der Waals surface area contributed by atoms with Gasteiger partial charge in [-0.05, 0) is 178 Å². The largest absolute Gasteiger partial charge is 0.456 e. The number of fused-ring (bicyclic) bond motifs is 8. The molecule has 370 valence electrons. The third-order valence-corrected chi connectivity index (χ3v) is 15.8. The Bertz CT molecular complexity index is 4120. The van der Waals surface area contributed by atoms with Crippen molar-refractivity contribution in [1.29, 1.82) is 0 Å². The van der Waals surface area contributed by atoms with Crippen molar-refractivity contribution in [2.75, 3.05) is 9.80 Å². The summed E-state index contributed by atoms with van der Waals surface area (Å²) in [5.74, 6) is 0.309. The van der Waals surface area contributed by atoms with Crippen LogP contribution >= 0.6 is 0 Å². The Labute approximate surface area is 445 Å². The highest BCUT2D eigenvalue weighted by atomic mass is 16.3. The lowest BCUT2D eigenvalue weighted by molar-refractivity contribution is 0.649. The summed E-state index contributed by atoms with van der Waals surface area (Å²) in [5.41, 5.74) is 22.4. The first-order valence-electron chi connectivity index (χ1n) is 26.8. The zero-order chi connectivity index (χ0) is 51.9. The minimum absolute atomic E-state index is 0.154. The highest BCUT2D eigenvalue weighted by Gasteiger charge is 2.29. The minimum Gasteiger partial charge on any atom is -0.456 e. The summed E-state index contributed by atoms with van der Waals surface area (Å²) in [6.45, 7) is 18.0. The van der Waals surface area contributed by atoms with Gasteiger partial charge in [-0.1, -0.05) is 161 Å². The standard InChI is InChI=1S/C72H60N2O2/c1-43(2)67-69-59-37-51-31-33-57(73(61-25-17-15-19-45(61)5)63-39-53(29-27-47(63)7)49-21-11-9-12-22-49)35-55(51)41-65(59)76-72(69)68(44(3)4)70-60-38-52-32-34-58(36-56(52)42-66(60)75-71(67)70)74(62-26-18-16-20-46(62)6)64-40-54(30-28-48(64)8)50-23-13-10-14-24-50/h9-44H,1-8H3. The smallest absolute Gasteiger partial charge is 0.140 e. The van der Waals surface area contributed by atoms with E-state index < -0.39 is 0 Å². The number of para-hydroxylation sites is 2. The lowest BCUT2D eigenvalue weighted by Gasteiger charge is -2.29. The molecule has 0 atom stereocenters. The molecule has 76 heavy (non-hydrogen) atoms. The molecule has 0 amide bonds. The van der Waals surface area contributed by atoms with Crippen LogP contribution in [0.15, 0.2) is 215 Å². The van der Waals surface area contributed by atoms with Crippen LogP contribution in [0.3, 0.4) is 0 Å². The van der Waals surface area contributed by atoms with E-state index >= 15 is 0 Å². The minimum atomic E-state index is 0.154. The third kappa shape index (κ3) is 7.82. The molecule has 0 radical (unpaired) electrons. The maximum atomic E-state index is 7.25. The fourth-order valence-electron chi connectivity index (χ4n) is 11.9. The third-order valence-electron chi connectivity index (χ3n) is 15.8. The predicted octanol–water partition coefficient (Wildman–Crippen LogP) is 21.5. The number of furan rings is 2. The summed E-state index contributed by atoms with van der Waals surface area (Å²) in [5, 5.41) is 9.09. The SMILES string of the molecule is Cc1ccccc1N(c1ccc2cc3c(cc2c1)oc1c(C(C)C)c2c(oc4cc5cc(N(c6ccccc6C)c6cc(-c7ccccc7)ccc6C)ccc5cc42)c(C(C)C)c13)c1cc(-c2ccccc2)ccc1C. The lowest BCUT2D eigenvalue weighted by atomic mass is 9.87. The molecule has 0 aliphatic rings.